The van der Waals surface area contributed by atoms with E-state index in [0.717, 1.165) is 17.1 Å². The van der Waals surface area contributed by atoms with Crippen LogP contribution in [0.2, 0.25) is 0 Å². The molecule has 2 aromatic heterocycles. The standard InChI is InChI=1S/C23H22N6O2/c1-14-13-15(2)25-23(24-14)27-17-9-7-16(8-10-17)26-21(30)12-11-20-22(31)29-19-6-4-3-5-18(19)28-20/h3-10,13H,11-12H2,1-2H3,(H,26,30)(H,29,31)(H,24,25,27). The molecule has 0 bridgehead atoms. The van der Waals surface area contributed by atoms with Crippen LogP contribution < -0.4 is 16.2 Å². The number of rotatable bonds is 6. The number of nitrogens with one attached hydrogen (secondary N) is 3. The molecule has 2 aromatic carbocycles. The molecule has 8 nitrogen and oxygen atoms in total. The van der Waals surface area contributed by atoms with Gasteiger partial charge < -0.3 is 15.6 Å². The molecule has 4 aromatic rings. The molecular weight excluding hydrogens is 392 g/mol. The highest BCUT2D eigenvalue weighted by Crippen LogP contribution is 2.17. The Kier molecular flexibility index (Phi) is 5.70. The summed E-state index contributed by atoms with van der Waals surface area (Å²) in [4.78, 5) is 40.4. The number of fused-ring (bicyclic) bond motifs is 1. The van der Waals surface area contributed by atoms with Crippen molar-refractivity contribution in [3.63, 3.8) is 0 Å². The molecule has 0 spiro atoms. The zero-order chi connectivity index (χ0) is 21.8. The number of nitrogens with zero attached hydrogens (tertiary/aromatic N) is 3. The maximum absolute atomic E-state index is 12.3. The third kappa shape index (κ3) is 5.11. The van der Waals surface area contributed by atoms with Gasteiger partial charge in [0.2, 0.25) is 11.9 Å². The van der Waals surface area contributed by atoms with E-state index < -0.39 is 0 Å². The lowest BCUT2D eigenvalue weighted by Gasteiger charge is -2.09. The summed E-state index contributed by atoms with van der Waals surface area (Å²) in [6.07, 6.45) is 0.417. The first-order chi connectivity index (χ1) is 15.0. The fourth-order valence-electron chi connectivity index (χ4n) is 3.24. The number of H-pyrrole nitrogens is 1. The molecule has 0 aliphatic rings. The molecule has 156 valence electrons. The van der Waals surface area contributed by atoms with Crippen molar-refractivity contribution < 1.29 is 4.79 Å². The molecule has 0 saturated heterocycles. The second-order valence-corrected chi connectivity index (χ2v) is 7.25. The van der Waals surface area contributed by atoms with Crippen molar-refractivity contribution in [2.24, 2.45) is 0 Å². The van der Waals surface area contributed by atoms with Gasteiger partial charge in [-0.1, -0.05) is 12.1 Å². The first-order valence-electron chi connectivity index (χ1n) is 9.93. The van der Waals surface area contributed by atoms with Gasteiger partial charge in [0.25, 0.3) is 5.56 Å². The fourth-order valence-corrected chi connectivity index (χ4v) is 3.24. The minimum atomic E-state index is -0.268. The van der Waals surface area contributed by atoms with Gasteiger partial charge in [-0.25, -0.2) is 15.0 Å². The van der Waals surface area contributed by atoms with Crippen molar-refractivity contribution in [3.05, 3.63) is 82.0 Å². The lowest BCUT2D eigenvalue weighted by molar-refractivity contribution is -0.116. The van der Waals surface area contributed by atoms with Crippen LogP contribution in [0.4, 0.5) is 17.3 Å². The molecule has 0 unspecified atom stereocenters. The molecule has 1 amide bonds. The summed E-state index contributed by atoms with van der Waals surface area (Å²) in [6, 6.07) is 16.5. The first kappa shape index (κ1) is 20.2. The second-order valence-electron chi connectivity index (χ2n) is 7.25. The van der Waals surface area contributed by atoms with Gasteiger partial charge in [0.05, 0.1) is 11.0 Å². The maximum Gasteiger partial charge on any atom is 0.270 e. The minimum Gasteiger partial charge on any atom is -0.326 e. The third-order valence-corrected chi connectivity index (χ3v) is 4.67. The average molecular weight is 414 g/mol. The Labute approximate surface area is 178 Å². The number of aryl methyl sites for hydroxylation is 3. The third-order valence-electron chi connectivity index (χ3n) is 4.67. The number of para-hydroxylation sites is 2. The number of carbonyl (C=O) groups is 1. The van der Waals surface area contributed by atoms with Crippen LogP contribution in [-0.4, -0.2) is 25.8 Å². The van der Waals surface area contributed by atoms with Gasteiger partial charge in [0, 0.05) is 35.6 Å². The molecule has 0 aliphatic carbocycles. The van der Waals surface area contributed by atoms with Crippen LogP contribution in [0.3, 0.4) is 0 Å². The molecule has 8 heteroatoms. The topological polar surface area (TPSA) is 113 Å². The van der Waals surface area contributed by atoms with Crippen LogP contribution in [0.25, 0.3) is 11.0 Å². The highest BCUT2D eigenvalue weighted by atomic mass is 16.1. The SMILES string of the molecule is Cc1cc(C)nc(Nc2ccc(NC(=O)CCc3nc4ccccc4[nH]c3=O)cc2)n1. The highest BCUT2D eigenvalue weighted by Gasteiger charge is 2.09. The van der Waals surface area contributed by atoms with E-state index >= 15 is 0 Å². The van der Waals surface area contributed by atoms with Crippen LogP contribution in [0, 0.1) is 13.8 Å². The van der Waals surface area contributed by atoms with Crippen molar-refractivity contribution in [2.75, 3.05) is 10.6 Å². The second kappa shape index (κ2) is 8.74. The molecule has 0 atom stereocenters. The Hall–Kier alpha value is -4.07. The predicted octanol–water partition coefficient (Wildman–Crippen LogP) is 3.64. The van der Waals surface area contributed by atoms with E-state index in [-0.39, 0.29) is 24.3 Å². The normalized spacial score (nSPS) is 10.8. The van der Waals surface area contributed by atoms with Crippen LogP contribution >= 0.6 is 0 Å². The van der Waals surface area contributed by atoms with Gasteiger partial charge in [0.1, 0.15) is 5.69 Å². The van der Waals surface area contributed by atoms with Crippen LogP contribution in [-0.2, 0) is 11.2 Å². The van der Waals surface area contributed by atoms with E-state index in [4.69, 9.17) is 0 Å². The maximum atomic E-state index is 12.3. The monoisotopic (exact) mass is 414 g/mol. The number of aromatic nitrogens is 4. The van der Waals surface area contributed by atoms with Crippen molar-refractivity contribution in [3.8, 4) is 0 Å². The largest absolute Gasteiger partial charge is 0.326 e. The van der Waals surface area contributed by atoms with Crippen molar-refractivity contribution >= 4 is 34.3 Å². The summed E-state index contributed by atoms with van der Waals surface area (Å²) in [6.45, 7) is 3.83. The molecule has 2 heterocycles. The van der Waals surface area contributed by atoms with Crippen molar-refractivity contribution in [2.45, 2.75) is 26.7 Å². The highest BCUT2D eigenvalue weighted by molar-refractivity contribution is 5.91. The number of hydrogen-bond donors (Lipinski definition) is 3. The van der Waals surface area contributed by atoms with E-state index in [2.05, 4.69) is 30.6 Å². The van der Waals surface area contributed by atoms with Gasteiger partial charge in [-0.05, 0) is 56.3 Å². The van der Waals surface area contributed by atoms with E-state index in [9.17, 15) is 9.59 Å². The van der Waals surface area contributed by atoms with Crippen molar-refractivity contribution in [1.29, 1.82) is 0 Å². The van der Waals surface area contributed by atoms with E-state index in [1.807, 2.05) is 50.2 Å². The predicted molar refractivity (Wildman–Crippen MR) is 121 cm³/mol. The van der Waals surface area contributed by atoms with Gasteiger partial charge >= 0.3 is 0 Å². The van der Waals surface area contributed by atoms with Gasteiger partial charge in [-0.15, -0.1) is 0 Å². The van der Waals surface area contributed by atoms with Crippen LogP contribution in [0.1, 0.15) is 23.5 Å². The van der Waals surface area contributed by atoms with Crippen LogP contribution in [0.15, 0.2) is 59.4 Å². The minimum absolute atomic E-state index is 0.158. The Morgan fingerprint density at radius 1 is 0.935 bits per heavy atom. The molecule has 0 fully saturated rings. The molecule has 0 radical (unpaired) electrons. The summed E-state index contributed by atoms with van der Waals surface area (Å²) in [7, 11) is 0. The number of hydrogen-bond acceptors (Lipinski definition) is 6. The lowest BCUT2D eigenvalue weighted by Crippen LogP contribution is -2.19. The van der Waals surface area contributed by atoms with Gasteiger partial charge in [-0.2, -0.15) is 0 Å². The number of aromatic amines is 1. The molecule has 31 heavy (non-hydrogen) atoms. The Morgan fingerprint density at radius 3 is 2.35 bits per heavy atom. The van der Waals surface area contributed by atoms with Crippen molar-refractivity contribution in [1.82, 2.24) is 19.9 Å². The molecular formula is C23H22N6O2. The number of anilines is 3. The average Bonchev–Trinajstić information content (AvgIpc) is 2.73. The van der Waals surface area contributed by atoms with E-state index in [1.54, 1.807) is 18.2 Å². The zero-order valence-corrected chi connectivity index (χ0v) is 17.3. The molecule has 4 rings (SSSR count). The molecule has 0 saturated carbocycles. The van der Waals surface area contributed by atoms with Crippen LogP contribution in [0.5, 0.6) is 0 Å². The van der Waals surface area contributed by atoms with Gasteiger partial charge in [-0.3, -0.25) is 9.59 Å². The molecule has 0 aliphatic heterocycles. The summed E-state index contributed by atoms with van der Waals surface area (Å²) in [5.41, 5.74) is 4.72. The fraction of sp³-hybridized carbons (Fsp3) is 0.174. The number of carbonyl (C=O) groups excluding carboxylic acids is 1. The number of amides is 1. The Morgan fingerprint density at radius 2 is 1.61 bits per heavy atom. The summed E-state index contributed by atoms with van der Waals surface area (Å²) < 4.78 is 0. The summed E-state index contributed by atoms with van der Waals surface area (Å²) in [5.74, 6) is 0.343. The zero-order valence-electron chi connectivity index (χ0n) is 17.3. The summed E-state index contributed by atoms with van der Waals surface area (Å²) >= 11 is 0. The Balaban J connectivity index is 1.35. The van der Waals surface area contributed by atoms with Gasteiger partial charge in [0.15, 0.2) is 0 Å². The number of benzene rings is 2. The van der Waals surface area contributed by atoms with E-state index in [0.29, 0.717) is 28.4 Å². The summed E-state index contributed by atoms with van der Waals surface area (Å²) in [5, 5.41) is 5.99. The van der Waals surface area contributed by atoms with E-state index in [1.165, 1.54) is 0 Å². The lowest BCUT2D eigenvalue weighted by atomic mass is 10.2. The molecule has 3 N–H and O–H groups in total. The quantitative estimate of drug-likeness (QED) is 0.444. The Bertz CT molecular complexity index is 1280. The smallest absolute Gasteiger partial charge is 0.270 e. The first-order valence-corrected chi connectivity index (χ1v) is 9.93.